The third-order valence-electron chi connectivity index (χ3n) is 1.80. The van der Waals surface area contributed by atoms with Crippen LogP contribution < -0.4 is 15.8 Å². The SMILES string of the molecule is NCCCNc1ccc(OC(F)(F)F)cc1. The fourth-order valence-corrected chi connectivity index (χ4v) is 1.11. The van der Waals surface area contributed by atoms with Gasteiger partial charge in [-0.1, -0.05) is 0 Å². The molecule has 0 unspecified atom stereocenters. The predicted octanol–water partition coefficient (Wildman–Crippen LogP) is 2.35. The van der Waals surface area contributed by atoms with Crippen molar-refractivity contribution in [3.05, 3.63) is 24.3 Å². The molecule has 0 aliphatic carbocycles. The molecule has 0 amide bonds. The zero-order valence-electron chi connectivity index (χ0n) is 8.55. The zero-order chi connectivity index (χ0) is 12.0. The highest BCUT2D eigenvalue weighted by molar-refractivity contribution is 5.46. The van der Waals surface area contributed by atoms with Crippen LogP contribution >= 0.6 is 0 Å². The molecule has 0 radical (unpaired) electrons. The number of hydrogen-bond donors (Lipinski definition) is 2. The molecule has 3 nitrogen and oxygen atoms in total. The molecule has 0 aliphatic rings. The average molecular weight is 234 g/mol. The summed E-state index contributed by atoms with van der Waals surface area (Å²) in [6, 6.07) is 5.58. The monoisotopic (exact) mass is 234 g/mol. The van der Waals surface area contributed by atoms with Gasteiger partial charge in [-0.3, -0.25) is 0 Å². The minimum absolute atomic E-state index is 0.225. The lowest BCUT2D eigenvalue weighted by molar-refractivity contribution is -0.274. The van der Waals surface area contributed by atoms with Gasteiger partial charge in [-0.05, 0) is 37.2 Å². The highest BCUT2D eigenvalue weighted by Crippen LogP contribution is 2.23. The maximum atomic E-state index is 11.8. The maximum absolute atomic E-state index is 11.8. The summed E-state index contributed by atoms with van der Waals surface area (Å²) >= 11 is 0. The van der Waals surface area contributed by atoms with E-state index < -0.39 is 6.36 Å². The summed E-state index contributed by atoms with van der Waals surface area (Å²) in [5, 5.41) is 3.02. The molecule has 0 fully saturated rings. The minimum atomic E-state index is -4.64. The van der Waals surface area contributed by atoms with E-state index in [2.05, 4.69) is 10.1 Å². The van der Waals surface area contributed by atoms with Crippen molar-refractivity contribution in [1.82, 2.24) is 0 Å². The van der Waals surface area contributed by atoms with Crippen molar-refractivity contribution in [3.63, 3.8) is 0 Å². The second-order valence-corrected chi connectivity index (χ2v) is 3.14. The lowest BCUT2D eigenvalue weighted by atomic mass is 10.3. The molecular formula is C10H13F3N2O. The van der Waals surface area contributed by atoms with Gasteiger partial charge in [-0.15, -0.1) is 13.2 Å². The van der Waals surface area contributed by atoms with Crippen molar-refractivity contribution in [1.29, 1.82) is 0 Å². The Hall–Kier alpha value is -1.43. The molecule has 0 heterocycles. The average Bonchev–Trinajstić information content (AvgIpc) is 2.19. The Morgan fingerprint density at radius 1 is 1.19 bits per heavy atom. The fourth-order valence-electron chi connectivity index (χ4n) is 1.11. The van der Waals surface area contributed by atoms with Gasteiger partial charge in [-0.2, -0.15) is 0 Å². The molecule has 0 aliphatic heterocycles. The van der Waals surface area contributed by atoms with Crippen LogP contribution in [-0.4, -0.2) is 19.5 Å². The number of benzene rings is 1. The summed E-state index contributed by atoms with van der Waals surface area (Å²) < 4.78 is 39.3. The van der Waals surface area contributed by atoms with E-state index in [4.69, 9.17) is 5.73 Å². The summed E-state index contributed by atoms with van der Waals surface area (Å²) in [7, 11) is 0. The minimum Gasteiger partial charge on any atom is -0.406 e. The number of nitrogens with one attached hydrogen (secondary N) is 1. The van der Waals surface area contributed by atoms with Crippen LogP contribution in [0.4, 0.5) is 18.9 Å². The molecule has 0 spiro atoms. The van der Waals surface area contributed by atoms with Crippen molar-refractivity contribution < 1.29 is 17.9 Å². The van der Waals surface area contributed by atoms with E-state index in [0.717, 1.165) is 12.1 Å². The molecule has 1 aromatic rings. The number of nitrogens with two attached hydrogens (primary N) is 1. The van der Waals surface area contributed by atoms with Crippen molar-refractivity contribution in [2.75, 3.05) is 18.4 Å². The Morgan fingerprint density at radius 2 is 1.81 bits per heavy atom. The summed E-state index contributed by atoms with van der Waals surface area (Å²) in [4.78, 5) is 0. The first kappa shape index (κ1) is 12.6. The third kappa shape index (κ3) is 4.88. The Labute approximate surface area is 91.4 Å². The molecule has 0 atom stereocenters. The molecule has 0 saturated heterocycles. The molecule has 0 aromatic heterocycles. The molecule has 1 rings (SSSR count). The molecule has 0 saturated carbocycles. The van der Waals surface area contributed by atoms with Gasteiger partial charge in [0.2, 0.25) is 0 Å². The van der Waals surface area contributed by atoms with Crippen molar-refractivity contribution in [2.45, 2.75) is 12.8 Å². The number of alkyl halides is 3. The van der Waals surface area contributed by atoms with Crippen LogP contribution in [-0.2, 0) is 0 Å². The van der Waals surface area contributed by atoms with Crippen molar-refractivity contribution in [2.24, 2.45) is 5.73 Å². The highest BCUT2D eigenvalue weighted by atomic mass is 19.4. The largest absolute Gasteiger partial charge is 0.573 e. The van der Waals surface area contributed by atoms with Gasteiger partial charge in [0.25, 0.3) is 0 Å². The number of hydrogen-bond acceptors (Lipinski definition) is 3. The van der Waals surface area contributed by atoms with Crippen LogP contribution in [0.1, 0.15) is 6.42 Å². The normalized spacial score (nSPS) is 11.2. The van der Waals surface area contributed by atoms with Gasteiger partial charge in [0.15, 0.2) is 0 Å². The van der Waals surface area contributed by atoms with E-state index in [1.165, 1.54) is 24.3 Å². The molecule has 90 valence electrons. The fraction of sp³-hybridized carbons (Fsp3) is 0.400. The van der Waals surface area contributed by atoms with Gasteiger partial charge in [0.05, 0.1) is 0 Å². The third-order valence-corrected chi connectivity index (χ3v) is 1.80. The topological polar surface area (TPSA) is 47.3 Å². The number of ether oxygens (including phenoxy) is 1. The molecule has 3 N–H and O–H groups in total. The maximum Gasteiger partial charge on any atom is 0.573 e. The zero-order valence-corrected chi connectivity index (χ0v) is 8.55. The van der Waals surface area contributed by atoms with E-state index in [0.29, 0.717) is 13.1 Å². The molecule has 0 bridgehead atoms. The van der Waals surface area contributed by atoms with E-state index in [-0.39, 0.29) is 5.75 Å². The second kappa shape index (κ2) is 5.60. The van der Waals surface area contributed by atoms with Crippen LogP contribution in [0.2, 0.25) is 0 Å². The Balaban J connectivity index is 2.48. The molecule has 1 aromatic carbocycles. The first-order chi connectivity index (χ1) is 7.51. The summed E-state index contributed by atoms with van der Waals surface area (Å²) in [5.74, 6) is -0.225. The van der Waals surface area contributed by atoms with Gasteiger partial charge in [0.1, 0.15) is 5.75 Å². The number of halogens is 3. The van der Waals surface area contributed by atoms with Crippen molar-refractivity contribution in [3.8, 4) is 5.75 Å². The van der Waals surface area contributed by atoms with Crippen molar-refractivity contribution >= 4 is 5.69 Å². The van der Waals surface area contributed by atoms with Crippen LogP contribution in [0.15, 0.2) is 24.3 Å². The van der Waals surface area contributed by atoms with E-state index >= 15 is 0 Å². The molecular weight excluding hydrogens is 221 g/mol. The number of anilines is 1. The summed E-state index contributed by atoms with van der Waals surface area (Å²) in [6.07, 6.45) is -3.84. The quantitative estimate of drug-likeness (QED) is 0.769. The first-order valence-electron chi connectivity index (χ1n) is 4.81. The summed E-state index contributed by atoms with van der Waals surface area (Å²) in [6.45, 7) is 1.26. The Bertz CT molecular complexity index is 311. The van der Waals surface area contributed by atoms with Crippen LogP contribution in [0.25, 0.3) is 0 Å². The second-order valence-electron chi connectivity index (χ2n) is 3.14. The first-order valence-corrected chi connectivity index (χ1v) is 4.81. The van der Waals surface area contributed by atoms with Crippen LogP contribution in [0.5, 0.6) is 5.75 Å². The van der Waals surface area contributed by atoms with E-state index in [1.54, 1.807) is 0 Å². The van der Waals surface area contributed by atoms with E-state index in [9.17, 15) is 13.2 Å². The van der Waals surface area contributed by atoms with E-state index in [1.807, 2.05) is 0 Å². The smallest absolute Gasteiger partial charge is 0.406 e. The lowest BCUT2D eigenvalue weighted by Gasteiger charge is -2.10. The van der Waals surface area contributed by atoms with Gasteiger partial charge in [0, 0.05) is 12.2 Å². The summed E-state index contributed by atoms with van der Waals surface area (Å²) in [5.41, 5.74) is 6.04. The predicted molar refractivity (Wildman–Crippen MR) is 55.3 cm³/mol. The van der Waals surface area contributed by atoms with Crippen LogP contribution in [0.3, 0.4) is 0 Å². The highest BCUT2D eigenvalue weighted by Gasteiger charge is 2.30. The number of rotatable bonds is 5. The Morgan fingerprint density at radius 3 is 2.31 bits per heavy atom. The molecule has 16 heavy (non-hydrogen) atoms. The Kier molecular flexibility index (Phi) is 4.42. The standard InChI is InChI=1S/C10H13F3N2O/c11-10(12,13)16-9-4-2-8(3-5-9)15-7-1-6-14/h2-5,15H,1,6-7,14H2. The van der Waals surface area contributed by atoms with Gasteiger partial charge >= 0.3 is 6.36 Å². The van der Waals surface area contributed by atoms with Crippen LogP contribution in [0, 0.1) is 0 Å². The van der Waals surface area contributed by atoms with Gasteiger partial charge in [-0.25, -0.2) is 0 Å². The lowest BCUT2D eigenvalue weighted by Crippen LogP contribution is -2.17. The van der Waals surface area contributed by atoms with Gasteiger partial charge < -0.3 is 15.8 Å². The molecule has 6 heteroatoms.